The second kappa shape index (κ2) is 14.9. The number of piperidine rings is 1. The number of hydrogen-bond donors (Lipinski definition) is 2. The van der Waals surface area contributed by atoms with Gasteiger partial charge in [-0.05, 0) is 62.3 Å². The number of nitrogens with one attached hydrogen (secondary N) is 2. The van der Waals surface area contributed by atoms with Gasteiger partial charge in [0, 0.05) is 63.5 Å². The summed E-state index contributed by atoms with van der Waals surface area (Å²) in [6, 6.07) is 11.9. The molecule has 2 N–H and O–H groups in total. The van der Waals surface area contributed by atoms with Crippen molar-refractivity contribution in [2.75, 3.05) is 73.6 Å². The topological polar surface area (TPSA) is 98.3 Å². The van der Waals surface area contributed by atoms with Gasteiger partial charge in [0.15, 0.2) is 5.82 Å². The SMILES string of the molecule is C=CC(=O)Nc1cc(Nc2cc(N3OCC[C@@H]3Cc3cccc(Cl)c3F)ncn2)c(OC)cc1N1CCC(N2CCN(C3CC3)CC2)CC1. The van der Waals surface area contributed by atoms with Crippen LogP contribution >= 0.6 is 11.6 Å². The van der Waals surface area contributed by atoms with E-state index in [4.69, 9.17) is 21.2 Å². The molecule has 1 aliphatic carbocycles. The summed E-state index contributed by atoms with van der Waals surface area (Å²) in [6.07, 6.45) is 8.69. The van der Waals surface area contributed by atoms with Crippen molar-refractivity contribution < 1.29 is 18.8 Å². The number of piperazine rings is 1. The zero-order chi connectivity index (χ0) is 33.9. The van der Waals surface area contributed by atoms with E-state index in [0.717, 1.165) is 50.7 Å². The van der Waals surface area contributed by atoms with E-state index in [2.05, 4.69) is 41.9 Å². The highest BCUT2D eigenvalue weighted by molar-refractivity contribution is 6.30. The van der Waals surface area contributed by atoms with Gasteiger partial charge in [-0.3, -0.25) is 19.4 Å². The highest BCUT2D eigenvalue weighted by Gasteiger charge is 2.34. The normalized spacial score (nSPS) is 20.8. The molecular formula is C36H44ClFN8O3. The lowest BCUT2D eigenvalue weighted by Crippen LogP contribution is -2.53. The summed E-state index contributed by atoms with van der Waals surface area (Å²) in [7, 11) is 1.63. The Hall–Kier alpha value is -3.97. The van der Waals surface area contributed by atoms with Crippen LogP contribution in [0.15, 0.2) is 55.4 Å². The number of benzene rings is 2. The summed E-state index contributed by atoms with van der Waals surface area (Å²) in [5.41, 5.74) is 2.71. The Balaban J connectivity index is 1.07. The van der Waals surface area contributed by atoms with E-state index in [9.17, 15) is 9.18 Å². The van der Waals surface area contributed by atoms with Crippen molar-refractivity contribution in [3.05, 3.63) is 71.8 Å². The molecular weight excluding hydrogens is 647 g/mol. The molecule has 3 aliphatic heterocycles. The van der Waals surface area contributed by atoms with Crippen LogP contribution in [-0.4, -0.2) is 96.8 Å². The number of hydroxylamine groups is 1. The predicted molar refractivity (Wildman–Crippen MR) is 190 cm³/mol. The summed E-state index contributed by atoms with van der Waals surface area (Å²) >= 11 is 6.03. The average molecular weight is 691 g/mol. The molecule has 7 rings (SSSR count). The number of ether oxygens (including phenoxy) is 1. The number of aromatic nitrogens is 2. The van der Waals surface area contributed by atoms with E-state index < -0.39 is 5.82 Å². The van der Waals surface area contributed by atoms with Gasteiger partial charge in [-0.25, -0.2) is 19.4 Å². The molecule has 11 nitrogen and oxygen atoms in total. The van der Waals surface area contributed by atoms with Crippen LogP contribution < -0.4 is 25.3 Å². The molecule has 0 spiro atoms. The molecule has 1 saturated carbocycles. The van der Waals surface area contributed by atoms with E-state index in [-0.39, 0.29) is 17.0 Å². The van der Waals surface area contributed by atoms with E-state index >= 15 is 0 Å². The Morgan fingerprint density at radius 1 is 1.02 bits per heavy atom. The van der Waals surface area contributed by atoms with Crippen molar-refractivity contribution in [3.8, 4) is 5.75 Å². The molecule has 4 fully saturated rings. The van der Waals surface area contributed by atoms with E-state index in [1.54, 1.807) is 36.4 Å². The second-order valence-corrected chi connectivity index (χ2v) is 13.6. The minimum absolute atomic E-state index is 0.0993. The summed E-state index contributed by atoms with van der Waals surface area (Å²) in [5, 5.41) is 8.17. The standard InChI is InChI=1S/C36H44ClFN8O3/c1-3-35(47)42-29-20-30(32(48-2)21-31(29)45-12-9-26(10-13-45)44-16-14-43(15-17-44)25-7-8-25)41-33-22-34(40-23-39-33)46-27(11-18-49-46)19-24-5-4-6-28(37)36(24)38/h3-6,20-23,25-27H,1,7-19H2,2H3,(H,42,47)(H,39,40,41)/t27-/m1/s1. The minimum atomic E-state index is -0.414. The fourth-order valence-corrected chi connectivity index (χ4v) is 7.54. The van der Waals surface area contributed by atoms with E-state index in [1.165, 1.54) is 38.3 Å². The zero-order valence-corrected chi connectivity index (χ0v) is 28.7. The number of halogens is 2. The number of carbonyl (C=O) groups excluding carboxylic acids is 1. The first-order valence-electron chi connectivity index (χ1n) is 17.2. The number of nitrogens with zero attached hydrogens (tertiary/aromatic N) is 6. The molecule has 3 saturated heterocycles. The zero-order valence-electron chi connectivity index (χ0n) is 27.9. The van der Waals surface area contributed by atoms with Crippen molar-refractivity contribution in [2.24, 2.45) is 0 Å². The average Bonchev–Trinajstić information content (AvgIpc) is 3.88. The maximum Gasteiger partial charge on any atom is 0.247 e. The van der Waals surface area contributed by atoms with Gasteiger partial charge in [0.25, 0.3) is 0 Å². The Kier molecular flexibility index (Phi) is 10.2. The third-order valence-corrected chi connectivity index (χ3v) is 10.4. The number of rotatable bonds is 11. The van der Waals surface area contributed by atoms with E-state index in [0.29, 0.717) is 59.8 Å². The molecule has 1 atom stereocenters. The minimum Gasteiger partial charge on any atom is -0.494 e. The third kappa shape index (κ3) is 7.62. The smallest absolute Gasteiger partial charge is 0.247 e. The Morgan fingerprint density at radius 2 is 1.76 bits per heavy atom. The summed E-state index contributed by atoms with van der Waals surface area (Å²) in [4.78, 5) is 35.1. The Morgan fingerprint density at radius 3 is 2.45 bits per heavy atom. The van der Waals surface area contributed by atoms with Crippen LogP contribution in [0.5, 0.6) is 5.75 Å². The second-order valence-electron chi connectivity index (χ2n) is 13.2. The Bertz CT molecular complexity index is 1660. The lowest BCUT2D eigenvalue weighted by Gasteiger charge is -2.43. The third-order valence-electron chi connectivity index (χ3n) is 10.1. The van der Waals surface area contributed by atoms with Crippen molar-refractivity contribution in [2.45, 2.75) is 56.7 Å². The number of amides is 1. The first kappa shape index (κ1) is 33.5. The molecule has 0 unspecified atom stereocenters. The van der Waals surface area contributed by atoms with Crippen LogP contribution in [0.2, 0.25) is 5.02 Å². The number of carbonyl (C=O) groups is 1. The highest BCUT2D eigenvalue weighted by Crippen LogP contribution is 2.40. The number of hydrogen-bond acceptors (Lipinski definition) is 10. The summed E-state index contributed by atoms with van der Waals surface area (Å²) in [5.74, 6) is 0.940. The van der Waals surface area contributed by atoms with Crippen LogP contribution in [0.3, 0.4) is 0 Å². The molecule has 13 heteroatoms. The van der Waals surface area contributed by atoms with Crippen LogP contribution in [0, 0.1) is 5.82 Å². The number of methoxy groups -OCH3 is 1. The molecule has 260 valence electrons. The predicted octanol–water partition coefficient (Wildman–Crippen LogP) is 5.65. The van der Waals surface area contributed by atoms with Gasteiger partial charge in [-0.2, -0.15) is 0 Å². The fraction of sp³-hybridized carbons (Fsp3) is 0.472. The summed E-state index contributed by atoms with van der Waals surface area (Å²) < 4.78 is 20.6. The van der Waals surface area contributed by atoms with Gasteiger partial charge in [0.05, 0.1) is 41.8 Å². The van der Waals surface area contributed by atoms with Gasteiger partial charge >= 0.3 is 0 Å². The first-order valence-corrected chi connectivity index (χ1v) is 17.6. The van der Waals surface area contributed by atoms with E-state index in [1.807, 2.05) is 12.1 Å². The van der Waals surface area contributed by atoms with Gasteiger partial charge in [0.1, 0.15) is 23.7 Å². The lowest BCUT2D eigenvalue weighted by molar-refractivity contribution is -0.111. The van der Waals surface area contributed by atoms with Crippen molar-refractivity contribution in [1.29, 1.82) is 0 Å². The maximum absolute atomic E-state index is 14.7. The van der Waals surface area contributed by atoms with Crippen LogP contribution in [0.1, 0.15) is 37.7 Å². The van der Waals surface area contributed by atoms with Crippen molar-refractivity contribution in [3.63, 3.8) is 0 Å². The van der Waals surface area contributed by atoms with Crippen LogP contribution in [-0.2, 0) is 16.1 Å². The van der Waals surface area contributed by atoms with Crippen molar-refractivity contribution >= 4 is 46.2 Å². The van der Waals surface area contributed by atoms with Gasteiger partial charge in [-0.15, -0.1) is 0 Å². The number of anilines is 5. The largest absolute Gasteiger partial charge is 0.494 e. The molecule has 1 aromatic heterocycles. The fourth-order valence-electron chi connectivity index (χ4n) is 7.34. The maximum atomic E-state index is 14.7. The van der Waals surface area contributed by atoms with Gasteiger partial charge in [-0.1, -0.05) is 30.3 Å². The molecule has 4 heterocycles. The molecule has 0 radical (unpaired) electrons. The molecule has 0 bridgehead atoms. The highest BCUT2D eigenvalue weighted by atomic mass is 35.5. The Labute approximate surface area is 292 Å². The molecule has 49 heavy (non-hydrogen) atoms. The molecule has 1 amide bonds. The quantitative estimate of drug-likeness (QED) is 0.246. The van der Waals surface area contributed by atoms with Gasteiger partial charge < -0.3 is 20.3 Å². The van der Waals surface area contributed by atoms with Gasteiger partial charge in [0.2, 0.25) is 5.91 Å². The summed E-state index contributed by atoms with van der Waals surface area (Å²) in [6.45, 7) is 10.5. The first-order chi connectivity index (χ1) is 23.9. The van der Waals surface area contributed by atoms with Crippen LogP contribution in [0.25, 0.3) is 0 Å². The van der Waals surface area contributed by atoms with Crippen LogP contribution in [0.4, 0.5) is 33.1 Å². The lowest BCUT2D eigenvalue weighted by atomic mass is 10.0. The molecule has 4 aliphatic rings. The monoisotopic (exact) mass is 690 g/mol. The molecule has 3 aromatic rings. The van der Waals surface area contributed by atoms with Crippen molar-refractivity contribution in [1.82, 2.24) is 19.8 Å². The molecule has 2 aromatic carbocycles.